The normalized spacial score (nSPS) is 14.1. The summed E-state index contributed by atoms with van der Waals surface area (Å²) in [5.74, 6) is -1.61. The van der Waals surface area contributed by atoms with Gasteiger partial charge in [0, 0.05) is 66.2 Å². The molecule has 2 N–H and O–H groups in total. The van der Waals surface area contributed by atoms with Crippen LogP contribution in [0.5, 0.6) is 11.5 Å². The van der Waals surface area contributed by atoms with Gasteiger partial charge in [0.1, 0.15) is 5.65 Å². The van der Waals surface area contributed by atoms with Gasteiger partial charge in [-0.1, -0.05) is 0 Å². The molecule has 7 nitrogen and oxygen atoms in total. The Morgan fingerprint density at radius 2 is 1.81 bits per heavy atom. The van der Waals surface area contributed by atoms with E-state index in [1.54, 1.807) is 18.6 Å². The Morgan fingerprint density at radius 1 is 1.06 bits per heavy atom. The highest BCUT2D eigenvalue weighted by atomic mass is 19.1. The molecule has 0 aliphatic carbocycles. The minimum Gasteiger partial charge on any atom is -0.494 e. The molecule has 0 radical (unpaired) electrons. The summed E-state index contributed by atoms with van der Waals surface area (Å²) in [6.07, 6.45) is 7.30. The highest BCUT2D eigenvalue weighted by Gasteiger charge is 2.22. The smallest absolute Gasteiger partial charge is 0.171 e. The molecule has 31 heavy (non-hydrogen) atoms. The van der Waals surface area contributed by atoms with Crippen molar-refractivity contribution in [3.8, 4) is 22.6 Å². The predicted octanol–water partition coefficient (Wildman–Crippen LogP) is 3.46. The van der Waals surface area contributed by atoms with Crippen LogP contribution in [-0.4, -0.2) is 47.1 Å². The van der Waals surface area contributed by atoms with Gasteiger partial charge in [-0.25, -0.2) is 13.8 Å². The third-order valence-electron chi connectivity index (χ3n) is 5.72. The summed E-state index contributed by atoms with van der Waals surface area (Å²) in [4.78, 5) is 7.56. The van der Waals surface area contributed by atoms with Crippen LogP contribution in [0.3, 0.4) is 0 Å². The molecule has 1 saturated heterocycles. The van der Waals surface area contributed by atoms with Crippen molar-refractivity contribution in [1.82, 2.24) is 25.1 Å². The number of aromatic amines is 1. The van der Waals surface area contributed by atoms with Crippen molar-refractivity contribution >= 4 is 11.0 Å². The van der Waals surface area contributed by atoms with E-state index in [1.165, 1.54) is 20.3 Å². The monoisotopic (exact) mass is 425 g/mol. The highest BCUT2D eigenvalue weighted by molar-refractivity contribution is 5.84. The fourth-order valence-corrected chi connectivity index (χ4v) is 3.79. The van der Waals surface area contributed by atoms with E-state index in [4.69, 9.17) is 9.47 Å². The number of ether oxygens (including phenoxy) is 2. The van der Waals surface area contributed by atoms with Crippen LogP contribution in [0.1, 0.15) is 17.2 Å². The van der Waals surface area contributed by atoms with Crippen LogP contribution in [0, 0.1) is 11.6 Å². The Labute approximate surface area is 177 Å². The van der Waals surface area contributed by atoms with Gasteiger partial charge in [0.2, 0.25) is 0 Å². The summed E-state index contributed by atoms with van der Waals surface area (Å²) in [5, 5.41) is 8.47. The first-order valence-electron chi connectivity index (χ1n) is 9.89. The Balaban J connectivity index is 1.53. The quantitative estimate of drug-likeness (QED) is 0.495. The minimum absolute atomic E-state index is 0.0172. The predicted molar refractivity (Wildman–Crippen MR) is 111 cm³/mol. The number of fused-ring (bicyclic) bond motifs is 1. The summed E-state index contributed by atoms with van der Waals surface area (Å²) < 4.78 is 41.7. The average Bonchev–Trinajstić information content (AvgIpc) is 3.37. The van der Waals surface area contributed by atoms with Crippen molar-refractivity contribution in [3.05, 3.63) is 59.7 Å². The highest BCUT2D eigenvalue weighted by Crippen LogP contribution is 2.34. The van der Waals surface area contributed by atoms with Crippen LogP contribution in [0.4, 0.5) is 8.78 Å². The van der Waals surface area contributed by atoms with Crippen molar-refractivity contribution in [2.45, 2.75) is 12.5 Å². The van der Waals surface area contributed by atoms with Crippen LogP contribution < -0.4 is 14.8 Å². The third-order valence-corrected chi connectivity index (χ3v) is 5.72. The summed E-state index contributed by atoms with van der Waals surface area (Å²) in [5.41, 5.74) is 3.07. The van der Waals surface area contributed by atoms with E-state index in [1.807, 2.05) is 16.9 Å². The van der Waals surface area contributed by atoms with Crippen LogP contribution in [0.25, 0.3) is 22.2 Å². The van der Waals surface area contributed by atoms with E-state index in [2.05, 4.69) is 20.4 Å². The van der Waals surface area contributed by atoms with Crippen molar-refractivity contribution < 1.29 is 18.3 Å². The van der Waals surface area contributed by atoms with Gasteiger partial charge in [-0.15, -0.1) is 0 Å². The van der Waals surface area contributed by atoms with Gasteiger partial charge in [0.15, 0.2) is 23.1 Å². The number of halogens is 2. The zero-order valence-electron chi connectivity index (χ0n) is 17.1. The van der Waals surface area contributed by atoms with Crippen LogP contribution in [0.2, 0.25) is 0 Å². The number of hydrogen-bond donors (Lipinski definition) is 2. The molecule has 1 aliphatic rings. The zero-order chi connectivity index (χ0) is 21.5. The van der Waals surface area contributed by atoms with E-state index < -0.39 is 11.6 Å². The van der Waals surface area contributed by atoms with Crippen LogP contribution >= 0.6 is 0 Å². The largest absolute Gasteiger partial charge is 0.494 e. The molecule has 0 amide bonds. The second-order valence-electron chi connectivity index (χ2n) is 7.52. The van der Waals surface area contributed by atoms with Crippen molar-refractivity contribution in [1.29, 1.82) is 0 Å². The number of aromatic nitrogens is 4. The maximum Gasteiger partial charge on any atom is 0.171 e. The molecule has 3 aromatic heterocycles. The van der Waals surface area contributed by atoms with Gasteiger partial charge in [-0.2, -0.15) is 5.10 Å². The molecule has 5 rings (SSSR count). The van der Waals surface area contributed by atoms with Gasteiger partial charge < -0.3 is 19.8 Å². The lowest BCUT2D eigenvalue weighted by atomic mass is 10.0. The van der Waals surface area contributed by atoms with Crippen LogP contribution in [0.15, 0.2) is 36.9 Å². The zero-order valence-corrected chi connectivity index (χ0v) is 17.1. The Kier molecular flexibility index (Phi) is 4.82. The lowest BCUT2D eigenvalue weighted by Gasteiger charge is -2.27. The van der Waals surface area contributed by atoms with E-state index in [-0.39, 0.29) is 23.5 Å². The van der Waals surface area contributed by atoms with Crippen molar-refractivity contribution in [2.75, 3.05) is 27.3 Å². The number of rotatable bonds is 6. The number of nitrogens with one attached hydrogen (secondary N) is 2. The molecule has 160 valence electrons. The molecule has 0 atom stereocenters. The number of benzene rings is 1. The van der Waals surface area contributed by atoms with E-state index in [0.717, 1.165) is 29.6 Å². The Bertz CT molecular complexity index is 1230. The van der Waals surface area contributed by atoms with E-state index in [9.17, 15) is 8.78 Å². The van der Waals surface area contributed by atoms with Gasteiger partial charge in [-0.05, 0) is 11.6 Å². The molecule has 0 unspecified atom stereocenters. The lowest BCUT2D eigenvalue weighted by molar-refractivity contribution is 0.318. The number of methoxy groups -OCH3 is 2. The maximum absolute atomic E-state index is 14.8. The third kappa shape index (κ3) is 3.31. The molecule has 0 spiro atoms. The molecule has 1 aliphatic heterocycles. The SMILES string of the molecule is COc1cc(OC)c(F)c(Cc2c[nH]c3ncc(-c4cnn(C5CNC5)c4)cc23)c1F. The molecule has 4 aromatic rings. The summed E-state index contributed by atoms with van der Waals surface area (Å²) in [6.45, 7) is 1.81. The first kappa shape index (κ1) is 19.5. The van der Waals surface area contributed by atoms with Crippen molar-refractivity contribution in [2.24, 2.45) is 0 Å². The number of pyridine rings is 1. The molecule has 1 aromatic carbocycles. The molecule has 4 heterocycles. The Morgan fingerprint density at radius 3 is 2.45 bits per heavy atom. The first-order chi connectivity index (χ1) is 15.1. The molecular formula is C22H21F2N5O2. The van der Waals surface area contributed by atoms with Crippen LogP contribution in [-0.2, 0) is 6.42 Å². The average molecular weight is 425 g/mol. The second-order valence-corrected chi connectivity index (χ2v) is 7.52. The van der Waals surface area contributed by atoms with Crippen molar-refractivity contribution in [3.63, 3.8) is 0 Å². The molecular weight excluding hydrogens is 404 g/mol. The minimum atomic E-state index is -0.741. The fourth-order valence-electron chi connectivity index (χ4n) is 3.79. The second kappa shape index (κ2) is 7.66. The van der Waals surface area contributed by atoms with Gasteiger partial charge >= 0.3 is 0 Å². The van der Waals surface area contributed by atoms with Gasteiger partial charge in [0.25, 0.3) is 0 Å². The van der Waals surface area contributed by atoms with Gasteiger partial charge in [0.05, 0.1) is 26.5 Å². The Hall–Kier alpha value is -3.46. The van der Waals surface area contributed by atoms with E-state index >= 15 is 0 Å². The van der Waals surface area contributed by atoms with E-state index in [0.29, 0.717) is 17.3 Å². The molecule has 9 heteroatoms. The number of H-pyrrole nitrogens is 1. The molecule has 0 saturated carbocycles. The fraction of sp³-hybridized carbons (Fsp3) is 0.273. The summed E-state index contributed by atoms with van der Waals surface area (Å²) in [7, 11) is 2.67. The number of nitrogens with zero attached hydrogens (tertiary/aromatic N) is 3. The summed E-state index contributed by atoms with van der Waals surface area (Å²) >= 11 is 0. The molecule has 1 fully saturated rings. The molecule has 0 bridgehead atoms. The lowest BCUT2D eigenvalue weighted by Crippen LogP contribution is -2.43. The maximum atomic E-state index is 14.8. The van der Waals surface area contributed by atoms with Gasteiger partial charge in [-0.3, -0.25) is 4.68 Å². The summed E-state index contributed by atoms with van der Waals surface area (Å²) in [6, 6.07) is 3.53. The first-order valence-corrected chi connectivity index (χ1v) is 9.89. The topological polar surface area (TPSA) is 77.0 Å². The standard InChI is InChI=1S/C22H21F2N5O2/c1-30-18-5-19(31-2)21(24)17(20(18)23)4-13-7-27-22-16(13)3-12(6-26-22)14-8-28-29(11-14)15-9-25-10-15/h3,5-8,11,15,25H,4,9-10H2,1-2H3,(H,26,27). The number of hydrogen-bond acceptors (Lipinski definition) is 5.